The number of nitrogens with one attached hydrogen (secondary N) is 2. The number of H-pyrrole nitrogens is 1. The van der Waals surface area contributed by atoms with Gasteiger partial charge in [-0.25, -0.2) is 22.9 Å². The molecule has 0 atom stereocenters. The van der Waals surface area contributed by atoms with E-state index in [1.54, 1.807) is 12.1 Å². The molecule has 1 heterocycles. The van der Waals surface area contributed by atoms with Crippen molar-refractivity contribution in [2.45, 2.75) is 11.6 Å². The van der Waals surface area contributed by atoms with Crippen LogP contribution in [0, 0.1) is 0 Å². The van der Waals surface area contributed by atoms with Crippen LogP contribution in [0.1, 0.15) is 15.9 Å². The Bertz CT molecular complexity index is 680. The second-order valence-corrected chi connectivity index (χ2v) is 5.48. The molecule has 8 heteroatoms. The average Bonchev–Trinajstić information content (AvgIpc) is 2.91. The molecule has 0 amide bonds. The molecule has 19 heavy (non-hydrogen) atoms. The highest BCUT2D eigenvalue weighted by Crippen LogP contribution is 2.07. The quantitative estimate of drug-likeness (QED) is 0.742. The van der Waals surface area contributed by atoms with Crippen molar-refractivity contribution in [3.8, 4) is 0 Å². The molecule has 1 aromatic carbocycles. The summed E-state index contributed by atoms with van der Waals surface area (Å²) in [6.45, 7) is 0.00245. The fourth-order valence-corrected chi connectivity index (χ4v) is 2.38. The van der Waals surface area contributed by atoms with E-state index in [-0.39, 0.29) is 17.1 Å². The van der Waals surface area contributed by atoms with Crippen LogP contribution in [0.5, 0.6) is 0 Å². The molecular weight excluding hydrogens is 270 g/mol. The summed E-state index contributed by atoms with van der Waals surface area (Å²) in [5, 5.41) is 8.80. The number of benzene rings is 1. The zero-order chi connectivity index (χ0) is 13.9. The topological polar surface area (TPSA) is 112 Å². The van der Waals surface area contributed by atoms with E-state index in [0.717, 1.165) is 0 Å². The van der Waals surface area contributed by atoms with Crippen molar-refractivity contribution in [1.29, 1.82) is 0 Å². The molecule has 0 aliphatic rings. The minimum absolute atomic E-state index is 0.00245. The predicted octanol–water partition coefficient (Wildman–Crippen LogP) is 0.586. The van der Waals surface area contributed by atoms with Crippen LogP contribution in [0.15, 0.2) is 41.8 Å². The third-order valence-corrected chi connectivity index (χ3v) is 3.73. The number of aromatic amines is 1. The van der Waals surface area contributed by atoms with Crippen LogP contribution in [-0.2, 0) is 16.6 Å². The molecule has 3 N–H and O–H groups in total. The van der Waals surface area contributed by atoms with E-state index >= 15 is 0 Å². The third-order valence-electron chi connectivity index (χ3n) is 2.40. The number of hydrogen-bond acceptors (Lipinski definition) is 4. The summed E-state index contributed by atoms with van der Waals surface area (Å²) in [6.07, 6.45) is 2.45. The van der Waals surface area contributed by atoms with Crippen LogP contribution >= 0.6 is 0 Å². The van der Waals surface area contributed by atoms with E-state index in [9.17, 15) is 13.2 Å². The largest absolute Gasteiger partial charge is 0.478 e. The Morgan fingerprint density at radius 3 is 2.84 bits per heavy atom. The van der Waals surface area contributed by atoms with Gasteiger partial charge in [0.2, 0.25) is 0 Å². The van der Waals surface area contributed by atoms with Crippen molar-refractivity contribution in [2.75, 3.05) is 0 Å². The molecule has 100 valence electrons. The van der Waals surface area contributed by atoms with Crippen molar-refractivity contribution in [2.24, 2.45) is 0 Å². The summed E-state index contributed by atoms with van der Waals surface area (Å²) in [6, 6.07) is 6.05. The van der Waals surface area contributed by atoms with Crippen molar-refractivity contribution in [3.63, 3.8) is 0 Å². The number of carboxylic acids is 1. The number of carboxylic acid groups (broad SMARTS) is 1. The highest BCUT2D eigenvalue weighted by atomic mass is 32.2. The van der Waals surface area contributed by atoms with Gasteiger partial charge in [0.05, 0.1) is 18.1 Å². The molecule has 0 unspecified atom stereocenters. The average molecular weight is 281 g/mol. The summed E-state index contributed by atoms with van der Waals surface area (Å²) in [7, 11) is -3.66. The van der Waals surface area contributed by atoms with E-state index < -0.39 is 16.0 Å². The first-order valence-corrected chi connectivity index (χ1v) is 6.77. The number of carbonyl (C=O) groups is 1. The van der Waals surface area contributed by atoms with Gasteiger partial charge in [0.25, 0.3) is 10.0 Å². The van der Waals surface area contributed by atoms with Gasteiger partial charge in [0, 0.05) is 6.54 Å². The number of nitrogens with zero attached hydrogens (tertiary/aromatic N) is 1. The molecule has 7 nitrogen and oxygen atoms in total. The van der Waals surface area contributed by atoms with Crippen LogP contribution in [0.2, 0.25) is 0 Å². The SMILES string of the molecule is O=C(O)c1cccc(CNS(=O)(=O)c2cnc[nH]2)c1. The van der Waals surface area contributed by atoms with Gasteiger partial charge in [-0.15, -0.1) is 0 Å². The van der Waals surface area contributed by atoms with E-state index in [1.807, 2.05) is 0 Å². The normalized spacial score (nSPS) is 11.4. The molecule has 0 fully saturated rings. The zero-order valence-electron chi connectivity index (χ0n) is 9.70. The van der Waals surface area contributed by atoms with Crippen LogP contribution in [-0.4, -0.2) is 29.5 Å². The highest BCUT2D eigenvalue weighted by Gasteiger charge is 2.15. The Morgan fingerprint density at radius 2 is 2.21 bits per heavy atom. The number of imidazole rings is 1. The van der Waals surface area contributed by atoms with Gasteiger partial charge in [-0.3, -0.25) is 0 Å². The lowest BCUT2D eigenvalue weighted by Gasteiger charge is -2.05. The van der Waals surface area contributed by atoms with Gasteiger partial charge in [-0.1, -0.05) is 12.1 Å². The Balaban J connectivity index is 2.11. The molecule has 2 aromatic rings. The second-order valence-electron chi connectivity index (χ2n) is 3.75. The summed E-state index contributed by atoms with van der Waals surface area (Å²) >= 11 is 0. The molecule has 2 rings (SSSR count). The molecule has 0 aliphatic heterocycles. The van der Waals surface area contributed by atoms with Crippen LogP contribution in [0.25, 0.3) is 0 Å². The van der Waals surface area contributed by atoms with Crippen LogP contribution < -0.4 is 4.72 Å². The van der Waals surface area contributed by atoms with Crippen molar-refractivity contribution < 1.29 is 18.3 Å². The molecule has 0 radical (unpaired) electrons. The fraction of sp³-hybridized carbons (Fsp3) is 0.0909. The number of hydrogen-bond donors (Lipinski definition) is 3. The smallest absolute Gasteiger partial charge is 0.335 e. The Labute approximate surface area is 109 Å². The lowest BCUT2D eigenvalue weighted by Crippen LogP contribution is -2.23. The van der Waals surface area contributed by atoms with Gasteiger partial charge < -0.3 is 10.1 Å². The van der Waals surface area contributed by atoms with Gasteiger partial charge in [0.1, 0.15) is 0 Å². The number of aromatic nitrogens is 2. The Hall–Kier alpha value is -2.19. The maximum Gasteiger partial charge on any atom is 0.335 e. The fourth-order valence-electron chi connectivity index (χ4n) is 1.46. The molecule has 1 aromatic heterocycles. The van der Waals surface area contributed by atoms with E-state index in [0.29, 0.717) is 5.56 Å². The van der Waals surface area contributed by atoms with Crippen molar-refractivity contribution >= 4 is 16.0 Å². The molecule has 0 saturated carbocycles. The van der Waals surface area contributed by atoms with E-state index in [1.165, 1.54) is 24.7 Å². The number of sulfonamides is 1. The van der Waals surface area contributed by atoms with Crippen molar-refractivity contribution in [1.82, 2.24) is 14.7 Å². The summed E-state index contributed by atoms with van der Waals surface area (Å²) in [4.78, 5) is 16.9. The molecular formula is C11H11N3O4S. The first-order valence-electron chi connectivity index (χ1n) is 5.29. The first kappa shape index (κ1) is 13.2. The monoisotopic (exact) mass is 281 g/mol. The molecule has 0 spiro atoms. The van der Waals surface area contributed by atoms with Gasteiger partial charge in [0.15, 0.2) is 5.03 Å². The molecule has 0 saturated heterocycles. The lowest BCUT2D eigenvalue weighted by molar-refractivity contribution is 0.0696. The maximum absolute atomic E-state index is 11.8. The Kier molecular flexibility index (Phi) is 3.63. The van der Waals surface area contributed by atoms with Crippen LogP contribution in [0.3, 0.4) is 0 Å². The predicted molar refractivity (Wildman–Crippen MR) is 66.0 cm³/mol. The van der Waals surface area contributed by atoms with Gasteiger partial charge in [-0.2, -0.15) is 0 Å². The summed E-state index contributed by atoms with van der Waals surface area (Å²) in [5.41, 5.74) is 0.668. The van der Waals surface area contributed by atoms with E-state index in [2.05, 4.69) is 14.7 Å². The van der Waals surface area contributed by atoms with Crippen LogP contribution in [0.4, 0.5) is 0 Å². The highest BCUT2D eigenvalue weighted by molar-refractivity contribution is 7.89. The van der Waals surface area contributed by atoms with Gasteiger partial charge in [-0.05, 0) is 17.7 Å². The maximum atomic E-state index is 11.8. The minimum Gasteiger partial charge on any atom is -0.478 e. The molecule has 0 bridgehead atoms. The lowest BCUT2D eigenvalue weighted by atomic mass is 10.1. The summed E-state index contributed by atoms with van der Waals surface area (Å²) < 4.78 is 25.9. The zero-order valence-corrected chi connectivity index (χ0v) is 10.5. The minimum atomic E-state index is -3.66. The van der Waals surface area contributed by atoms with E-state index in [4.69, 9.17) is 5.11 Å². The Morgan fingerprint density at radius 1 is 1.42 bits per heavy atom. The first-order chi connectivity index (χ1) is 8.99. The number of rotatable bonds is 5. The molecule has 0 aliphatic carbocycles. The van der Waals surface area contributed by atoms with Gasteiger partial charge >= 0.3 is 5.97 Å². The summed E-state index contributed by atoms with van der Waals surface area (Å²) in [5.74, 6) is -1.06. The number of aromatic carboxylic acids is 1. The van der Waals surface area contributed by atoms with Crippen molar-refractivity contribution in [3.05, 3.63) is 47.9 Å². The standard InChI is InChI=1S/C11H11N3O4S/c15-11(16)9-3-1-2-8(4-9)5-14-19(17,18)10-6-12-7-13-10/h1-4,6-7,14H,5H2,(H,12,13)(H,15,16). The second kappa shape index (κ2) is 5.21. The third kappa shape index (κ3) is 3.18.